The fraction of sp³-hybridized carbons (Fsp3) is 0.227. The van der Waals surface area contributed by atoms with E-state index in [1.54, 1.807) is 48.8 Å². The van der Waals surface area contributed by atoms with E-state index in [1.807, 2.05) is 19.1 Å². The fourth-order valence-corrected chi connectivity index (χ4v) is 2.81. The Bertz CT molecular complexity index is 906. The molecule has 0 amide bonds. The van der Waals surface area contributed by atoms with Crippen LogP contribution in [0.25, 0.3) is 22.5 Å². The van der Waals surface area contributed by atoms with Gasteiger partial charge in [0.15, 0.2) is 5.82 Å². The molecular weight excluding hydrogens is 340 g/mol. The van der Waals surface area contributed by atoms with Crippen LogP contribution >= 0.6 is 0 Å². The van der Waals surface area contributed by atoms with Gasteiger partial charge in [0.2, 0.25) is 0 Å². The third kappa shape index (κ3) is 4.50. The molecule has 1 heterocycles. The Hall–Kier alpha value is -3.21. The molecule has 3 aromatic rings. The number of para-hydroxylation sites is 1. The normalized spacial score (nSPS) is 11.8. The van der Waals surface area contributed by atoms with Crippen LogP contribution in [-0.2, 0) is 4.74 Å². The van der Waals surface area contributed by atoms with Gasteiger partial charge < -0.3 is 9.84 Å². The van der Waals surface area contributed by atoms with Crippen molar-refractivity contribution in [3.8, 4) is 28.3 Å². The smallest absolute Gasteiger partial charge is 0.338 e. The van der Waals surface area contributed by atoms with Gasteiger partial charge in [0.25, 0.3) is 0 Å². The molecule has 0 aliphatic heterocycles. The number of esters is 1. The summed E-state index contributed by atoms with van der Waals surface area (Å²) in [7, 11) is 0. The Morgan fingerprint density at radius 1 is 1.04 bits per heavy atom. The zero-order valence-electron chi connectivity index (χ0n) is 15.4. The lowest BCUT2D eigenvalue weighted by atomic mass is 10.1. The molecule has 0 bridgehead atoms. The first-order valence-corrected chi connectivity index (χ1v) is 9.00. The van der Waals surface area contributed by atoms with E-state index < -0.39 is 0 Å². The van der Waals surface area contributed by atoms with Crippen LogP contribution < -0.4 is 0 Å². The molecule has 0 saturated carbocycles. The number of carbonyl (C=O) groups is 1. The predicted molar refractivity (Wildman–Crippen MR) is 104 cm³/mol. The number of carbonyl (C=O) groups excluding carboxylic acids is 1. The van der Waals surface area contributed by atoms with Crippen molar-refractivity contribution >= 4 is 5.97 Å². The number of phenols is 1. The van der Waals surface area contributed by atoms with Gasteiger partial charge in [0.1, 0.15) is 5.75 Å². The summed E-state index contributed by atoms with van der Waals surface area (Å²) in [4.78, 5) is 20.9. The summed E-state index contributed by atoms with van der Waals surface area (Å²) in [5.74, 6) is 0.417. The predicted octanol–water partition coefficient (Wildman–Crippen LogP) is 4.86. The number of hydrogen-bond acceptors (Lipinski definition) is 5. The summed E-state index contributed by atoms with van der Waals surface area (Å²) >= 11 is 0. The molecule has 0 aliphatic carbocycles. The van der Waals surface area contributed by atoms with Crippen LogP contribution in [0.3, 0.4) is 0 Å². The van der Waals surface area contributed by atoms with E-state index in [0.717, 1.165) is 24.0 Å². The van der Waals surface area contributed by atoms with Gasteiger partial charge >= 0.3 is 5.97 Å². The highest BCUT2D eigenvalue weighted by molar-refractivity contribution is 5.90. The molecule has 138 valence electrons. The number of hydrogen-bond donors (Lipinski definition) is 1. The second kappa shape index (κ2) is 8.45. The van der Waals surface area contributed by atoms with Crippen molar-refractivity contribution in [2.75, 3.05) is 0 Å². The van der Waals surface area contributed by atoms with Crippen LogP contribution in [0.2, 0.25) is 0 Å². The van der Waals surface area contributed by atoms with Crippen LogP contribution in [0.4, 0.5) is 0 Å². The van der Waals surface area contributed by atoms with Gasteiger partial charge in [0.05, 0.1) is 11.7 Å². The van der Waals surface area contributed by atoms with Gasteiger partial charge in [-0.05, 0) is 31.5 Å². The van der Waals surface area contributed by atoms with Crippen molar-refractivity contribution in [3.63, 3.8) is 0 Å². The van der Waals surface area contributed by atoms with E-state index in [0.29, 0.717) is 17.0 Å². The Morgan fingerprint density at radius 3 is 2.33 bits per heavy atom. The SMILES string of the molecule is CCCC(C)OC(=O)c1ccc(-c2ncc(-c3ccccc3O)cn2)cc1. The van der Waals surface area contributed by atoms with Crippen LogP contribution in [0.15, 0.2) is 60.9 Å². The molecule has 1 aromatic heterocycles. The Balaban J connectivity index is 1.74. The molecule has 3 rings (SSSR count). The van der Waals surface area contributed by atoms with Gasteiger partial charge in [-0.1, -0.05) is 43.7 Å². The largest absolute Gasteiger partial charge is 0.507 e. The first-order chi connectivity index (χ1) is 13.1. The average molecular weight is 362 g/mol. The molecule has 0 spiro atoms. The van der Waals surface area contributed by atoms with Crippen molar-refractivity contribution in [3.05, 3.63) is 66.5 Å². The summed E-state index contributed by atoms with van der Waals surface area (Å²) in [6.45, 7) is 3.96. The molecule has 27 heavy (non-hydrogen) atoms. The third-order valence-electron chi connectivity index (χ3n) is 4.25. The molecule has 1 unspecified atom stereocenters. The molecule has 0 radical (unpaired) electrons. The number of aromatic hydroxyl groups is 1. The number of aromatic nitrogens is 2. The van der Waals surface area contributed by atoms with E-state index in [9.17, 15) is 9.90 Å². The molecule has 5 nitrogen and oxygen atoms in total. The zero-order valence-corrected chi connectivity index (χ0v) is 15.4. The minimum Gasteiger partial charge on any atom is -0.507 e. The number of rotatable bonds is 6. The minimum atomic E-state index is -0.321. The topological polar surface area (TPSA) is 72.3 Å². The summed E-state index contributed by atoms with van der Waals surface area (Å²) in [6, 6.07) is 14.1. The Kier molecular flexibility index (Phi) is 5.81. The third-order valence-corrected chi connectivity index (χ3v) is 4.25. The van der Waals surface area contributed by atoms with Gasteiger partial charge in [-0.2, -0.15) is 0 Å². The minimum absolute atomic E-state index is 0.0903. The van der Waals surface area contributed by atoms with Gasteiger partial charge in [-0.25, -0.2) is 14.8 Å². The number of nitrogens with zero attached hydrogens (tertiary/aromatic N) is 2. The number of benzene rings is 2. The summed E-state index contributed by atoms with van der Waals surface area (Å²) in [6.07, 6.45) is 5.08. The van der Waals surface area contributed by atoms with Crippen LogP contribution in [0.5, 0.6) is 5.75 Å². The molecular formula is C22H22N2O3. The standard InChI is InChI=1S/C22H22N2O3/c1-3-6-15(2)27-22(26)17-11-9-16(10-12-17)21-23-13-18(14-24-21)19-7-4-5-8-20(19)25/h4-5,7-15,25H,3,6H2,1-2H3. The first kappa shape index (κ1) is 18.6. The highest BCUT2D eigenvalue weighted by atomic mass is 16.5. The second-order valence-corrected chi connectivity index (χ2v) is 6.39. The van der Waals surface area contributed by atoms with Crippen LogP contribution in [0.1, 0.15) is 37.0 Å². The molecule has 1 N–H and O–H groups in total. The molecule has 0 fully saturated rings. The van der Waals surface area contributed by atoms with Crippen LogP contribution in [0, 0.1) is 0 Å². The second-order valence-electron chi connectivity index (χ2n) is 6.39. The van der Waals surface area contributed by atoms with E-state index in [2.05, 4.69) is 16.9 Å². The first-order valence-electron chi connectivity index (χ1n) is 9.00. The summed E-state index contributed by atoms with van der Waals surface area (Å²) in [5, 5.41) is 9.93. The Morgan fingerprint density at radius 2 is 1.70 bits per heavy atom. The van der Waals surface area contributed by atoms with Crippen molar-refractivity contribution < 1.29 is 14.6 Å². The van der Waals surface area contributed by atoms with Crippen LogP contribution in [-0.4, -0.2) is 27.1 Å². The number of phenolic OH excluding ortho intramolecular Hbond substituents is 1. The van der Waals surface area contributed by atoms with Crippen molar-refractivity contribution in [2.45, 2.75) is 32.8 Å². The fourth-order valence-electron chi connectivity index (χ4n) is 2.81. The highest BCUT2D eigenvalue weighted by Gasteiger charge is 2.12. The lowest BCUT2D eigenvalue weighted by molar-refractivity contribution is 0.0323. The molecule has 2 aromatic carbocycles. The lowest BCUT2D eigenvalue weighted by Crippen LogP contribution is -2.14. The maximum Gasteiger partial charge on any atom is 0.338 e. The number of ether oxygens (including phenoxy) is 1. The zero-order chi connectivity index (χ0) is 19.2. The maximum atomic E-state index is 12.1. The lowest BCUT2D eigenvalue weighted by Gasteiger charge is -2.12. The molecule has 5 heteroatoms. The van der Waals surface area contributed by atoms with Crippen molar-refractivity contribution in [1.82, 2.24) is 9.97 Å². The van der Waals surface area contributed by atoms with Gasteiger partial charge in [-0.15, -0.1) is 0 Å². The van der Waals surface area contributed by atoms with E-state index in [4.69, 9.17) is 4.74 Å². The van der Waals surface area contributed by atoms with E-state index in [1.165, 1.54) is 0 Å². The monoisotopic (exact) mass is 362 g/mol. The quantitative estimate of drug-likeness (QED) is 0.634. The Labute approximate surface area is 158 Å². The highest BCUT2D eigenvalue weighted by Crippen LogP contribution is 2.28. The van der Waals surface area contributed by atoms with E-state index in [-0.39, 0.29) is 17.8 Å². The molecule has 0 aliphatic rings. The van der Waals surface area contributed by atoms with Gasteiger partial charge in [0, 0.05) is 29.1 Å². The summed E-state index contributed by atoms with van der Waals surface area (Å²) < 4.78 is 5.40. The van der Waals surface area contributed by atoms with E-state index >= 15 is 0 Å². The van der Waals surface area contributed by atoms with Crippen molar-refractivity contribution in [2.24, 2.45) is 0 Å². The summed E-state index contributed by atoms with van der Waals surface area (Å²) in [5.41, 5.74) is 2.73. The molecule has 1 atom stereocenters. The van der Waals surface area contributed by atoms with Crippen molar-refractivity contribution in [1.29, 1.82) is 0 Å². The van der Waals surface area contributed by atoms with Gasteiger partial charge in [-0.3, -0.25) is 0 Å². The maximum absolute atomic E-state index is 12.1. The average Bonchev–Trinajstić information content (AvgIpc) is 2.69. The molecule has 0 saturated heterocycles.